The van der Waals surface area contributed by atoms with Crippen LogP contribution in [0, 0.1) is 5.92 Å². The molecule has 1 fully saturated rings. The number of nitrogens with zero attached hydrogens (tertiary/aromatic N) is 2. The largest absolute Gasteiger partial charge is 0.356 e. The molecular weight excluding hydrogens is 453 g/mol. The van der Waals surface area contributed by atoms with Gasteiger partial charge in [0.15, 0.2) is 5.96 Å². The second-order valence-corrected chi connectivity index (χ2v) is 7.03. The number of carbonyl (C=O) groups is 1. The SMILES string of the molecule is CN=C(NCCNC(=O)C1CC1)NCCC(C)N(C)Cc1ccccc1.I. The van der Waals surface area contributed by atoms with Gasteiger partial charge in [-0.3, -0.25) is 14.7 Å². The number of halogens is 1. The molecule has 152 valence electrons. The monoisotopic (exact) mass is 487 g/mol. The second kappa shape index (κ2) is 12.9. The first-order valence-corrected chi connectivity index (χ1v) is 9.56. The van der Waals surface area contributed by atoms with Crippen LogP contribution in [0.4, 0.5) is 0 Å². The predicted octanol–water partition coefficient (Wildman–Crippen LogP) is 2.21. The van der Waals surface area contributed by atoms with Gasteiger partial charge in [0.2, 0.25) is 5.91 Å². The molecule has 0 radical (unpaired) electrons. The molecule has 1 unspecified atom stereocenters. The van der Waals surface area contributed by atoms with Gasteiger partial charge in [-0.25, -0.2) is 0 Å². The Labute approximate surface area is 180 Å². The van der Waals surface area contributed by atoms with E-state index in [1.54, 1.807) is 7.05 Å². The van der Waals surface area contributed by atoms with Gasteiger partial charge in [-0.05, 0) is 38.8 Å². The van der Waals surface area contributed by atoms with Gasteiger partial charge in [-0.15, -0.1) is 24.0 Å². The maximum Gasteiger partial charge on any atom is 0.223 e. The van der Waals surface area contributed by atoms with Gasteiger partial charge in [-0.2, -0.15) is 0 Å². The van der Waals surface area contributed by atoms with E-state index >= 15 is 0 Å². The number of nitrogens with one attached hydrogen (secondary N) is 3. The Morgan fingerprint density at radius 1 is 1.15 bits per heavy atom. The number of aliphatic imine (C=N–C) groups is 1. The number of hydrogen-bond donors (Lipinski definition) is 3. The Balaban J connectivity index is 0.00000364. The van der Waals surface area contributed by atoms with E-state index in [4.69, 9.17) is 0 Å². The van der Waals surface area contributed by atoms with Crippen molar-refractivity contribution in [3.05, 3.63) is 35.9 Å². The molecule has 1 atom stereocenters. The number of benzene rings is 1. The molecule has 2 rings (SSSR count). The van der Waals surface area contributed by atoms with Crippen LogP contribution in [-0.2, 0) is 11.3 Å². The van der Waals surface area contributed by atoms with E-state index < -0.39 is 0 Å². The fraction of sp³-hybridized carbons (Fsp3) is 0.600. The van der Waals surface area contributed by atoms with E-state index in [9.17, 15) is 4.79 Å². The number of carbonyl (C=O) groups excluding carboxylic acids is 1. The average Bonchev–Trinajstić information content (AvgIpc) is 3.49. The maximum atomic E-state index is 11.6. The third-order valence-electron chi connectivity index (χ3n) is 4.77. The molecular formula is C20H34IN5O. The fourth-order valence-corrected chi connectivity index (χ4v) is 2.72. The van der Waals surface area contributed by atoms with Crippen LogP contribution < -0.4 is 16.0 Å². The van der Waals surface area contributed by atoms with Crippen molar-refractivity contribution in [2.75, 3.05) is 33.7 Å². The molecule has 0 bridgehead atoms. The van der Waals surface area contributed by atoms with Crippen molar-refractivity contribution in [2.45, 2.75) is 38.8 Å². The van der Waals surface area contributed by atoms with Crippen molar-refractivity contribution in [2.24, 2.45) is 10.9 Å². The Morgan fingerprint density at radius 2 is 1.78 bits per heavy atom. The zero-order valence-electron chi connectivity index (χ0n) is 16.7. The quantitative estimate of drug-likeness (QED) is 0.205. The lowest BCUT2D eigenvalue weighted by molar-refractivity contribution is -0.122. The molecule has 6 nitrogen and oxygen atoms in total. The second-order valence-electron chi connectivity index (χ2n) is 7.03. The molecule has 0 saturated heterocycles. The van der Waals surface area contributed by atoms with Gasteiger partial charge in [-0.1, -0.05) is 30.3 Å². The molecule has 1 aromatic rings. The lowest BCUT2D eigenvalue weighted by Gasteiger charge is -2.25. The smallest absolute Gasteiger partial charge is 0.223 e. The van der Waals surface area contributed by atoms with E-state index in [0.717, 1.165) is 38.3 Å². The van der Waals surface area contributed by atoms with E-state index in [1.807, 2.05) is 6.07 Å². The maximum absolute atomic E-state index is 11.6. The molecule has 7 heteroatoms. The van der Waals surface area contributed by atoms with Crippen LogP contribution in [0.25, 0.3) is 0 Å². The highest BCUT2D eigenvalue weighted by atomic mass is 127. The summed E-state index contributed by atoms with van der Waals surface area (Å²) in [5, 5.41) is 9.52. The molecule has 27 heavy (non-hydrogen) atoms. The first-order valence-electron chi connectivity index (χ1n) is 9.56. The van der Waals surface area contributed by atoms with Gasteiger partial charge >= 0.3 is 0 Å². The van der Waals surface area contributed by atoms with Crippen molar-refractivity contribution < 1.29 is 4.79 Å². The summed E-state index contributed by atoms with van der Waals surface area (Å²) in [7, 11) is 3.93. The zero-order chi connectivity index (χ0) is 18.8. The third-order valence-corrected chi connectivity index (χ3v) is 4.77. The summed E-state index contributed by atoms with van der Waals surface area (Å²) >= 11 is 0. The van der Waals surface area contributed by atoms with Gasteiger partial charge in [0, 0.05) is 45.2 Å². The number of guanidine groups is 1. The van der Waals surface area contributed by atoms with E-state index in [-0.39, 0.29) is 35.8 Å². The lowest BCUT2D eigenvalue weighted by atomic mass is 10.1. The molecule has 0 heterocycles. The van der Waals surface area contributed by atoms with Crippen molar-refractivity contribution in [3.8, 4) is 0 Å². The Bertz CT molecular complexity index is 577. The number of amides is 1. The van der Waals surface area contributed by atoms with Crippen molar-refractivity contribution in [3.63, 3.8) is 0 Å². The molecule has 1 aliphatic carbocycles. The first kappa shape index (κ1) is 23.7. The van der Waals surface area contributed by atoms with Crippen molar-refractivity contribution in [1.82, 2.24) is 20.9 Å². The van der Waals surface area contributed by atoms with Crippen LogP contribution >= 0.6 is 24.0 Å². The molecule has 0 aliphatic heterocycles. The summed E-state index contributed by atoms with van der Waals surface area (Å²) in [6.07, 6.45) is 3.11. The molecule has 0 spiro atoms. The van der Waals surface area contributed by atoms with Crippen LogP contribution in [0.1, 0.15) is 31.7 Å². The fourth-order valence-electron chi connectivity index (χ4n) is 2.72. The van der Waals surface area contributed by atoms with Gasteiger partial charge in [0.05, 0.1) is 0 Å². The average molecular weight is 487 g/mol. The standard InChI is InChI=1S/C20H33N5O.HI/c1-16(25(3)15-17-7-5-4-6-8-17)11-12-23-20(21-2)24-14-13-22-19(26)18-9-10-18;/h4-8,16,18H,9-15H2,1-3H3,(H,22,26)(H2,21,23,24);1H. The summed E-state index contributed by atoms with van der Waals surface area (Å²) in [5.74, 6) is 1.23. The van der Waals surface area contributed by atoms with E-state index in [1.165, 1.54) is 5.56 Å². The van der Waals surface area contributed by atoms with Crippen LogP contribution in [0.2, 0.25) is 0 Å². The minimum absolute atomic E-state index is 0. The first-order chi connectivity index (χ1) is 12.6. The summed E-state index contributed by atoms with van der Waals surface area (Å²) in [5.41, 5.74) is 1.33. The molecule has 1 aliphatic rings. The van der Waals surface area contributed by atoms with Crippen LogP contribution in [-0.4, -0.2) is 56.5 Å². The lowest BCUT2D eigenvalue weighted by Crippen LogP contribution is -2.43. The summed E-state index contributed by atoms with van der Waals surface area (Å²) in [6, 6.07) is 11.0. The Hall–Kier alpha value is -1.35. The third kappa shape index (κ3) is 9.41. The minimum Gasteiger partial charge on any atom is -0.356 e. The Kier molecular flexibility index (Phi) is 11.3. The molecule has 1 aromatic carbocycles. The van der Waals surface area contributed by atoms with Gasteiger partial charge in [0.25, 0.3) is 0 Å². The van der Waals surface area contributed by atoms with Crippen LogP contribution in [0.3, 0.4) is 0 Å². The minimum atomic E-state index is 0. The predicted molar refractivity (Wildman–Crippen MR) is 123 cm³/mol. The zero-order valence-corrected chi connectivity index (χ0v) is 19.0. The van der Waals surface area contributed by atoms with E-state index in [0.29, 0.717) is 19.1 Å². The van der Waals surface area contributed by atoms with Crippen LogP contribution in [0.15, 0.2) is 35.3 Å². The summed E-state index contributed by atoms with van der Waals surface area (Å²) in [4.78, 5) is 18.2. The highest BCUT2D eigenvalue weighted by Crippen LogP contribution is 2.28. The molecule has 1 saturated carbocycles. The number of rotatable bonds is 10. The molecule has 1 amide bonds. The molecule has 0 aromatic heterocycles. The molecule has 3 N–H and O–H groups in total. The Morgan fingerprint density at radius 3 is 2.41 bits per heavy atom. The number of hydrogen-bond acceptors (Lipinski definition) is 3. The normalized spacial score (nSPS) is 15.0. The van der Waals surface area contributed by atoms with E-state index in [2.05, 4.69) is 64.1 Å². The van der Waals surface area contributed by atoms with Crippen molar-refractivity contribution in [1.29, 1.82) is 0 Å². The highest BCUT2D eigenvalue weighted by Gasteiger charge is 2.28. The van der Waals surface area contributed by atoms with Crippen molar-refractivity contribution >= 4 is 35.8 Å². The summed E-state index contributed by atoms with van der Waals surface area (Å²) in [6.45, 7) is 5.37. The van der Waals surface area contributed by atoms with Gasteiger partial charge in [0.1, 0.15) is 0 Å². The highest BCUT2D eigenvalue weighted by molar-refractivity contribution is 14.0. The van der Waals surface area contributed by atoms with Crippen LogP contribution in [0.5, 0.6) is 0 Å². The topological polar surface area (TPSA) is 68.8 Å². The summed E-state index contributed by atoms with van der Waals surface area (Å²) < 4.78 is 0. The van der Waals surface area contributed by atoms with Gasteiger partial charge < -0.3 is 16.0 Å².